The van der Waals surface area contributed by atoms with Gasteiger partial charge in [-0.25, -0.2) is 0 Å². The summed E-state index contributed by atoms with van der Waals surface area (Å²) in [5.74, 6) is -0.545. The maximum atomic E-state index is 11.9. The second-order valence-corrected chi connectivity index (χ2v) is 5.94. The second kappa shape index (κ2) is 7.78. The maximum absolute atomic E-state index is 11.9. The standard InChI is InChI=1S/C16H16BrN3O4/c1-10(21)11-3-5-13(6-4-11)24-9-15(22)18-19-16(23)14-7-12(17)8-20(14)2/h3-8H,9H2,1-2H3,(H,18,22)(H,19,23). The predicted molar refractivity (Wildman–Crippen MR) is 90.7 cm³/mol. The van der Waals surface area contributed by atoms with E-state index in [1.165, 1.54) is 6.92 Å². The smallest absolute Gasteiger partial charge is 0.286 e. The van der Waals surface area contributed by atoms with E-state index in [1.807, 2.05) is 0 Å². The molecule has 2 amide bonds. The van der Waals surface area contributed by atoms with E-state index in [-0.39, 0.29) is 12.4 Å². The SMILES string of the molecule is CC(=O)c1ccc(OCC(=O)NNC(=O)c2cc(Br)cn2C)cc1. The van der Waals surface area contributed by atoms with Gasteiger partial charge in [0.05, 0.1) is 0 Å². The molecule has 0 unspecified atom stereocenters. The van der Waals surface area contributed by atoms with Gasteiger partial charge in [0.1, 0.15) is 11.4 Å². The van der Waals surface area contributed by atoms with Crippen molar-refractivity contribution in [2.45, 2.75) is 6.92 Å². The number of hydrogen-bond donors (Lipinski definition) is 2. The van der Waals surface area contributed by atoms with Gasteiger partial charge in [0.15, 0.2) is 12.4 Å². The summed E-state index contributed by atoms with van der Waals surface area (Å²) in [7, 11) is 1.72. The van der Waals surface area contributed by atoms with Gasteiger partial charge in [-0.05, 0) is 53.2 Å². The number of aryl methyl sites for hydroxylation is 1. The lowest BCUT2D eigenvalue weighted by Gasteiger charge is -2.09. The van der Waals surface area contributed by atoms with Crippen LogP contribution in [0.3, 0.4) is 0 Å². The predicted octanol–water partition coefficient (Wildman–Crippen LogP) is 1.83. The van der Waals surface area contributed by atoms with Crippen molar-refractivity contribution in [3.8, 4) is 5.75 Å². The van der Waals surface area contributed by atoms with E-state index in [1.54, 1.807) is 48.1 Å². The Kier molecular flexibility index (Phi) is 5.75. The van der Waals surface area contributed by atoms with E-state index in [0.29, 0.717) is 17.0 Å². The van der Waals surface area contributed by atoms with E-state index >= 15 is 0 Å². The first kappa shape index (κ1) is 17.7. The minimum Gasteiger partial charge on any atom is -0.484 e. The first-order valence-corrected chi connectivity index (χ1v) is 7.81. The quantitative estimate of drug-likeness (QED) is 0.598. The molecule has 126 valence electrons. The van der Waals surface area contributed by atoms with Gasteiger partial charge in [-0.3, -0.25) is 25.2 Å². The van der Waals surface area contributed by atoms with E-state index in [4.69, 9.17) is 4.74 Å². The Morgan fingerprint density at radius 2 is 1.83 bits per heavy atom. The number of aromatic nitrogens is 1. The summed E-state index contributed by atoms with van der Waals surface area (Å²) in [6.45, 7) is 1.20. The molecule has 7 nitrogen and oxygen atoms in total. The van der Waals surface area contributed by atoms with Crippen LogP contribution in [0, 0.1) is 0 Å². The van der Waals surface area contributed by atoms with Gasteiger partial charge < -0.3 is 9.30 Å². The summed E-state index contributed by atoms with van der Waals surface area (Å²) in [6, 6.07) is 8.07. The van der Waals surface area contributed by atoms with Gasteiger partial charge in [0.25, 0.3) is 11.8 Å². The Balaban J connectivity index is 1.80. The molecule has 0 aliphatic carbocycles. The van der Waals surface area contributed by atoms with Crippen molar-refractivity contribution in [2.24, 2.45) is 7.05 Å². The fraction of sp³-hybridized carbons (Fsp3) is 0.188. The lowest BCUT2D eigenvalue weighted by atomic mass is 10.1. The van der Waals surface area contributed by atoms with Crippen molar-refractivity contribution in [1.82, 2.24) is 15.4 Å². The number of hydrogen-bond acceptors (Lipinski definition) is 4. The highest BCUT2D eigenvalue weighted by atomic mass is 79.9. The molecule has 1 aromatic carbocycles. The monoisotopic (exact) mass is 393 g/mol. The number of halogens is 1. The molecule has 1 heterocycles. The molecule has 0 radical (unpaired) electrons. The summed E-state index contributed by atoms with van der Waals surface area (Å²) in [4.78, 5) is 34.8. The molecule has 2 aromatic rings. The molecule has 0 aliphatic rings. The Morgan fingerprint density at radius 3 is 2.38 bits per heavy atom. The second-order valence-electron chi connectivity index (χ2n) is 5.03. The molecule has 8 heteroatoms. The molecule has 2 N–H and O–H groups in total. The Hall–Kier alpha value is -2.61. The molecule has 2 rings (SSSR count). The third kappa shape index (κ3) is 4.69. The van der Waals surface area contributed by atoms with Crippen LogP contribution >= 0.6 is 15.9 Å². The lowest BCUT2D eigenvalue weighted by Crippen LogP contribution is -2.44. The van der Waals surface area contributed by atoms with Gasteiger partial charge >= 0.3 is 0 Å². The minimum absolute atomic E-state index is 0.0469. The number of carbonyl (C=O) groups excluding carboxylic acids is 3. The number of nitrogens with one attached hydrogen (secondary N) is 2. The number of hydrazine groups is 1. The van der Waals surface area contributed by atoms with Crippen LogP contribution in [0.15, 0.2) is 41.0 Å². The molecule has 0 fully saturated rings. The molecular formula is C16H16BrN3O4. The van der Waals surface area contributed by atoms with E-state index < -0.39 is 11.8 Å². The number of nitrogens with zero attached hydrogens (tertiary/aromatic N) is 1. The first-order chi connectivity index (χ1) is 11.4. The van der Waals surface area contributed by atoms with Crippen molar-refractivity contribution in [2.75, 3.05) is 6.61 Å². The number of carbonyl (C=O) groups is 3. The van der Waals surface area contributed by atoms with Crippen LogP contribution in [0.1, 0.15) is 27.8 Å². The highest BCUT2D eigenvalue weighted by Crippen LogP contribution is 2.13. The van der Waals surface area contributed by atoms with Crippen molar-refractivity contribution >= 4 is 33.5 Å². The zero-order valence-corrected chi connectivity index (χ0v) is 14.7. The van der Waals surface area contributed by atoms with Crippen LogP contribution in [0.5, 0.6) is 5.75 Å². The van der Waals surface area contributed by atoms with Crippen molar-refractivity contribution in [1.29, 1.82) is 0 Å². The van der Waals surface area contributed by atoms with Crippen LogP contribution in [0.4, 0.5) is 0 Å². The molecule has 0 saturated carbocycles. The lowest BCUT2D eigenvalue weighted by molar-refractivity contribution is -0.123. The van der Waals surface area contributed by atoms with Gasteiger partial charge in [0, 0.05) is 23.3 Å². The fourth-order valence-electron chi connectivity index (χ4n) is 1.91. The topological polar surface area (TPSA) is 89.4 Å². The van der Waals surface area contributed by atoms with Crippen LogP contribution in [-0.4, -0.2) is 28.8 Å². The number of rotatable bonds is 5. The number of ketones is 1. The Labute approximate surface area is 147 Å². The number of benzene rings is 1. The van der Waals surface area contributed by atoms with Crippen LogP contribution in [0.2, 0.25) is 0 Å². The molecule has 0 bridgehead atoms. The summed E-state index contributed by atoms with van der Waals surface area (Å²) in [5.41, 5.74) is 5.53. The summed E-state index contributed by atoms with van der Waals surface area (Å²) in [6.07, 6.45) is 1.73. The first-order valence-electron chi connectivity index (χ1n) is 7.01. The zero-order chi connectivity index (χ0) is 17.7. The Morgan fingerprint density at radius 1 is 1.17 bits per heavy atom. The Bertz CT molecular complexity index is 768. The molecule has 0 saturated heterocycles. The van der Waals surface area contributed by atoms with Crippen LogP contribution in [0.25, 0.3) is 0 Å². The van der Waals surface area contributed by atoms with E-state index in [0.717, 1.165) is 4.47 Å². The molecule has 0 atom stereocenters. The molecule has 0 aliphatic heterocycles. The van der Waals surface area contributed by atoms with Crippen molar-refractivity contribution in [3.63, 3.8) is 0 Å². The van der Waals surface area contributed by atoms with E-state index in [2.05, 4.69) is 26.8 Å². The van der Waals surface area contributed by atoms with Gasteiger partial charge in [0.2, 0.25) is 0 Å². The largest absolute Gasteiger partial charge is 0.484 e. The average Bonchev–Trinajstić information content (AvgIpc) is 2.89. The highest BCUT2D eigenvalue weighted by Gasteiger charge is 2.12. The fourth-order valence-corrected chi connectivity index (χ4v) is 2.44. The van der Waals surface area contributed by atoms with Crippen molar-refractivity contribution < 1.29 is 19.1 Å². The maximum Gasteiger partial charge on any atom is 0.286 e. The van der Waals surface area contributed by atoms with Gasteiger partial charge in [-0.1, -0.05) is 0 Å². The molecule has 24 heavy (non-hydrogen) atoms. The zero-order valence-electron chi connectivity index (χ0n) is 13.1. The van der Waals surface area contributed by atoms with E-state index in [9.17, 15) is 14.4 Å². The summed E-state index contributed by atoms with van der Waals surface area (Å²) < 4.78 is 7.67. The van der Waals surface area contributed by atoms with Gasteiger partial charge in [-0.15, -0.1) is 0 Å². The highest BCUT2D eigenvalue weighted by molar-refractivity contribution is 9.10. The average molecular weight is 394 g/mol. The normalized spacial score (nSPS) is 10.1. The molecular weight excluding hydrogens is 378 g/mol. The molecule has 0 spiro atoms. The summed E-state index contributed by atoms with van der Waals surface area (Å²) >= 11 is 3.27. The van der Waals surface area contributed by atoms with Crippen LogP contribution < -0.4 is 15.6 Å². The summed E-state index contributed by atoms with van der Waals surface area (Å²) in [5, 5.41) is 0. The number of amides is 2. The van der Waals surface area contributed by atoms with Gasteiger partial charge in [-0.2, -0.15) is 0 Å². The third-order valence-electron chi connectivity index (χ3n) is 3.15. The number of Topliss-reactive ketones (excluding diaryl/α,β-unsaturated/α-hetero) is 1. The third-order valence-corrected chi connectivity index (χ3v) is 3.58. The van der Waals surface area contributed by atoms with Crippen LogP contribution in [-0.2, 0) is 11.8 Å². The van der Waals surface area contributed by atoms with Crippen molar-refractivity contribution in [3.05, 3.63) is 52.3 Å². The number of ether oxygens (including phenoxy) is 1. The minimum atomic E-state index is -0.507. The molecule has 1 aromatic heterocycles.